The molecule has 2 fully saturated rings. The van der Waals surface area contributed by atoms with Gasteiger partial charge in [-0.3, -0.25) is 4.90 Å². The Balaban J connectivity index is 1.78. The first-order chi connectivity index (χ1) is 6.77. The summed E-state index contributed by atoms with van der Waals surface area (Å²) < 4.78 is 0. The lowest BCUT2D eigenvalue weighted by Crippen LogP contribution is -2.42. The summed E-state index contributed by atoms with van der Waals surface area (Å²) in [6, 6.07) is 1.22. The SMILES string of the molecule is CC1CCCN1CC(N)C1CCCC1. The summed E-state index contributed by atoms with van der Waals surface area (Å²) in [5.41, 5.74) is 6.28. The van der Waals surface area contributed by atoms with E-state index in [2.05, 4.69) is 11.8 Å². The summed E-state index contributed by atoms with van der Waals surface area (Å²) in [5, 5.41) is 0. The number of nitrogens with zero attached hydrogens (tertiary/aromatic N) is 1. The van der Waals surface area contributed by atoms with Crippen LogP contribution in [0.4, 0.5) is 0 Å². The molecule has 2 unspecified atom stereocenters. The van der Waals surface area contributed by atoms with Gasteiger partial charge < -0.3 is 5.73 Å². The number of rotatable bonds is 3. The molecule has 0 aromatic heterocycles. The van der Waals surface area contributed by atoms with Gasteiger partial charge in [0.2, 0.25) is 0 Å². The van der Waals surface area contributed by atoms with Gasteiger partial charge in [0.1, 0.15) is 0 Å². The fourth-order valence-corrected chi connectivity index (χ4v) is 3.07. The molecule has 2 rings (SSSR count). The molecule has 2 nitrogen and oxygen atoms in total. The zero-order valence-electron chi connectivity index (χ0n) is 9.41. The van der Waals surface area contributed by atoms with Crippen molar-refractivity contribution in [2.24, 2.45) is 11.7 Å². The van der Waals surface area contributed by atoms with E-state index in [1.807, 2.05) is 0 Å². The summed E-state index contributed by atoms with van der Waals surface area (Å²) in [6.45, 7) is 4.77. The van der Waals surface area contributed by atoms with Crippen LogP contribution in [0.1, 0.15) is 45.4 Å². The minimum absolute atomic E-state index is 0.443. The molecule has 0 spiro atoms. The van der Waals surface area contributed by atoms with Crippen molar-refractivity contribution >= 4 is 0 Å². The average Bonchev–Trinajstić information content (AvgIpc) is 2.77. The molecule has 2 aliphatic rings. The average molecular weight is 196 g/mol. The molecule has 2 atom stereocenters. The van der Waals surface area contributed by atoms with E-state index in [1.165, 1.54) is 45.1 Å². The van der Waals surface area contributed by atoms with Crippen molar-refractivity contribution in [2.45, 2.75) is 57.5 Å². The summed E-state index contributed by atoms with van der Waals surface area (Å²) in [5.74, 6) is 0.822. The lowest BCUT2D eigenvalue weighted by molar-refractivity contribution is 0.225. The van der Waals surface area contributed by atoms with Gasteiger partial charge in [-0.15, -0.1) is 0 Å². The molecule has 0 aromatic carbocycles. The molecule has 1 saturated carbocycles. The lowest BCUT2D eigenvalue weighted by atomic mass is 9.98. The fraction of sp³-hybridized carbons (Fsp3) is 1.00. The summed E-state index contributed by atoms with van der Waals surface area (Å²) in [6.07, 6.45) is 8.32. The van der Waals surface area contributed by atoms with E-state index in [0.29, 0.717) is 6.04 Å². The van der Waals surface area contributed by atoms with Crippen molar-refractivity contribution in [3.05, 3.63) is 0 Å². The van der Waals surface area contributed by atoms with Gasteiger partial charge in [0, 0.05) is 18.6 Å². The maximum Gasteiger partial charge on any atom is 0.0196 e. The minimum atomic E-state index is 0.443. The van der Waals surface area contributed by atoms with Crippen LogP contribution in [0.15, 0.2) is 0 Å². The maximum absolute atomic E-state index is 6.28. The Morgan fingerprint density at radius 1 is 1.21 bits per heavy atom. The first kappa shape index (κ1) is 10.4. The Labute approximate surface area is 87.8 Å². The third-order valence-corrected chi connectivity index (χ3v) is 4.14. The highest BCUT2D eigenvalue weighted by atomic mass is 15.2. The van der Waals surface area contributed by atoms with Crippen LogP contribution >= 0.6 is 0 Å². The quantitative estimate of drug-likeness (QED) is 0.748. The monoisotopic (exact) mass is 196 g/mol. The number of hydrogen-bond donors (Lipinski definition) is 1. The second-order valence-corrected chi connectivity index (χ2v) is 5.19. The van der Waals surface area contributed by atoms with Gasteiger partial charge in [-0.1, -0.05) is 12.8 Å². The van der Waals surface area contributed by atoms with Crippen LogP contribution in [0.2, 0.25) is 0 Å². The minimum Gasteiger partial charge on any atom is -0.326 e. The smallest absolute Gasteiger partial charge is 0.0196 e. The van der Waals surface area contributed by atoms with E-state index in [9.17, 15) is 0 Å². The number of hydrogen-bond acceptors (Lipinski definition) is 2. The van der Waals surface area contributed by atoms with Gasteiger partial charge in [-0.25, -0.2) is 0 Å². The molecule has 0 bridgehead atoms. The molecule has 2 heteroatoms. The third kappa shape index (κ3) is 2.29. The molecule has 14 heavy (non-hydrogen) atoms. The first-order valence-electron chi connectivity index (χ1n) is 6.27. The predicted molar refractivity (Wildman–Crippen MR) is 60.2 cm³/mol. The Hall–Kier alpha value is -0.0800. The Kier molecular flexibility index (Phi) is 3.45. The summed E-state index contributed by atoms with van der Waals surface area (Å²) in [4.78, 5) is 2.59. The van der Waals surface area contributed by atoms with Crippen molar-refractivity contribution < 1.29 is 0 Å². The number of nitrogens with two attached hydrogens (primary N) is 1. The third-order valence-electron chi connectivity index (χ3n) is 4.14. The van der Waals surface area contributed by atoms with Gasteiger partial charge in [0.05, 0.1) is 0 Å². The zero-order valence-corrected chi connectivity index (χ0v) is 9.41. The Morgan fingerprint density at radius 3 is 2.50 bits per heavy atom. The molecular formula is C12H24N2. The van der Waals surface area contributed by atoms with E-state index in [-0.39, 0.29) is 0 Å². The van der Waals surface area contributed by atoms with Crippen molar-refractivity contribution in [1.82, 2.24) is 4.90 Å². The first-order valence-corrected chi connectivity index (χ1v) is 6.27. The van der Waals surface area contributed by atoms with Gasteiger partial charge in [-0.2, -0.15) is 0 Å². The molecule has 1 aliphatic carbocycles. The second-order valence-electron chi connectivity index (χ2n) is 5.19. The number of likely N-dealkylation sites (tertiary alicyclic amines) is 1. The highest BCUT2D eigenvalue weighted by Crippen LogP contribution is 2.28. The van der Waals surface area contributed by atoms with Crippen molar-refractivity contribution in [2.75, 3.05) is 13.1 Å². The fourth-order valence-electron chi connectivity index (χ4n) is 3.07. The van der Waals surface area contributed by atoms with Crippen LogP contribution in [-0.4, -0.2) is 30.1 Å². The van der Waals surface area contributed by atoms with E-state index in [1.54, 1.807) is 0 Å². The van der Waals surface area contributed by atoms with Gasteiger partial charge in [-0.05, 0) is 45.1 Å². The van der Waals surface area contributed by atoms with Crippen LogP contribution in [0, 0.1) is 5.92 Å². The molecule has 1 saturated heterocycles. The molecule has 0 amide bonds. The van der Waals surface area contributed by atoms with Crippen LogP contribution in [0.3, 0.4) is 0 Å². The zero-order chi connectivity index (χ0) is 9.97. The highest BCUT2D eigenvalue weighted by Gasteiger charge is 2.27. The van der Waals surface area contributed by atoms with Gasteiger partial charge in [0.25, 0.3) is 0 Å². The van der Waals surface area contributed by atoms with Crippen LogP contribution in [0.5, 0.6) is 0 Å². The van der Waals surface area contributed by atoms with Gasteiger partial charge >= 0.3 is 0 Å². The van der Waals surface area contributed by atoms with Crippen LogP contribution in [0.25, 0.3) is 0 Å². The molecule has 82 valence electrons. The molecule has 0 radical (unpaired) electrons. The van der Waals surface area contributed by atoms with Crippen molar-refractivity contribution in [1.29, 1.82) is 0 Å². The van der Waals surface area contributed by atoms with Crippen LogP contribution < -0.4 is 5.73 Å². The standard InChI is InChI=1S/C12H24N2/c1-10-5-4-8-14(10)9-12(13)11-6-2-3-7-11/h10-12H,2-9,13H2,1H3. The van der Waals surface area contributed by atoms with Gasteiger partial charge in [0.15, 0.2) is 0 Å². The summed E-state index contributed by atoms with van der Waals surface area (Å²) in [7, 11) is 0. The van der Waals surface area contributed by atoms with E-state index in [0.717, 1.165) is 18.5 Å². The lowest BCUT2D eigenvalue weighted by Gasteiger charge is -2.27. The molecule has 1 heterocycles. The largest absolute Gasteiger partial charge is 0.326 e. The Morgan fingerprint density at radius 2 is 1.93 bits per heavy atom. The molecule has 1 aliphatic heterocycles. The molecule has 0 aromatic rings. The van der Waals surface area contributed by atoms with Crippen LogP contribution in [-0.2, 0) is 0 Å². The molecule has 2 N–H and O–H groups in total. The van der Waals surface area contributed by atoms with Crippen molar-refractivity contribution in [3.8, 4) is 0 Å². The predicted octanol–water partition coefficient (Wildman–Crippen LogP) is 1.99. The summed E-state index contributed by atoms with van der Waals surface area (Å²) >= 11 is 0. The van der Waals surface area contributed by atoms with E-state index >= 15 is 0 Å². The normalized spacial score (nSPS) is 32.6. The maximum atomic E-state index is 6.28. The second kappa shape index (κ2) is 4.63. The molecular weight excluding hydrogens is 172 g/mol. The van der Waals surface area contributed by atoms with Crippen molar-refractivity contribution in [3.63, 3.8) is 0 Å². The Bertz CT molecular complexity index is 175. The van der Waals surface area contributed by atoms with E-state index < -0.39 is 0 Å². The van der Waals surface area contributed by atoms with E-state index in [4.69, 9.17) is 5.73 Å². The topological polar surface area (TPSA) is 29.3 Å². The highest BCUT2D eigenvalue weighted by molar-refractivity contribution is 4.84.